The molecule has 2 aliphatic carbocycles. The second-order valence-corrected chi connectivity index (χ2v) is 4.51. The van der Waals surface area contributed by atoms with Gasteiger partial charge in [0, 0.05) is 6.42 Å². The summed E-state index contributed by atoms with van der Waals surface area (Å²) in [6, 6.07) is 0. The van der Waals surface area contributed by atoms with Crippen molar-refractivity contribution in [2.75, 3.05) is 0 Å². The van der Waals surface area contributed by atoms with Gasteiger partial charge in [-0.15, -0.1) is 0 Å². The second-order valence-electron chi connectivity index (χ2n) is 4.51. The van der Waals surface area contributed by atoms with Crippen LogP contribution in [-0.4, -0.2) is 5.11 Å². The Morgan fingerprint density at radius 1 is 0.846 bits per heavy atom. The molecular formula is C12H20O. The predicted octanol–water partition coefficient (Wildman–Crippen LogP) is 3.95. The monoisotopic (exact) mass is 180 g/mol. The molecule has 0 aromatic heterocycles. The summed E-state index contributed by atoms with van der Waals surface area (Å²) in [4.78, 5) is 0. The van der Waals surface area contributed by atoms with Gasteiger partial charge in [0.1, 0.15) is 0 Å². The van der Waals surface area contributed by atoms with E-state index in [0.717, 1.165) is 18.1 Å². The van der Waals surface area contributed by atoms with Gasteiger partial charge in [0.05, 0.1) is 5.76 Å². The lowest BCUT2D eigenvalue weighted by Crippen LogP contribution is -2.13. The van der Waals surface area contributed by atoms with Crippen molar-refractivity contribution in [3.63, 3.8) is 0 Å². The van der Waals surface area contributed by atoms with Crippen LogP contribution in [0.3, 0.4) is 0 Å². The lowest BCUT2D eigenvalue weighted by molar-refractivity contribution is 0.316. The van der Waals surface area contributed by atoms with Crippen LogP contribution in [0.5, 0.6) is 0 Å². The smallest absolute Gasteiger partial charge is 0.0917 e. The molecule has 2 aliphatic rings. The van der Waals surface area contributed by atoms with Crippen molar-refractivity contribution in [3.8, 4) is 0 Å². The molecular weight excluding hydrogens is 160 g/mol. The van der Waals surface area contributed by atoms with E-state index in [-0.39, 0.29) is 0 Å². The molecule has 1 N–H and O–H groups in total. The zero-order valence-electron chi connectivity index (χ0n) is 8.39. The lowest BCUT2D eigenvalue weighted by atomic mass is 9.79. The summed E-state index contributed by atoms with van der Waals surface area (Å²) in [5.74, 6) is 1.49. The van der Waals surface area contributed by atoms with Crippen LogP contribution in [0.4, 0.5) is 0 Å². The van der Waals surface area contributed by atoms with Gasteiger partial charge in [0.25, 0.3) is 0 Å². The Hall–Kier alpha value is -0.460. The molecule has 0 atom stereocenters. The molecule has 0 aromatic rings. The Kier molecular flexibility index (Phi) is 2.92. The van der Waals surface area contributed by atoms with Gasteiger partial charge in [-0.3, -0.25) is 0 Å². The molecule has 0 aromatic carbocycles. The Morgan fingerprint density at radius 3 is 2.23 bits per heavy atom. The average Bonchev–Trinajstić information content (AvgIpc) is 2.20. The minimum atomic E-state index is 0.744. The second kappa shape index (κ2) is 4.17. The minimum absolute atomic E-state index is 0.744. The summed E-state index contributed by atoms with van der Waals surface area (Å²) in [6.45, 7) is 0. The van der Waals surface area contributed by atoms with Crippen LogP contribution >= 0.6 is 0 Å². The minimum Gasteiger partial charge on any atom is -0.512 e. The fourth-order valence-electron chi connectivity index (χ4n) is 2.80. The fourth-order valence-corrected chi connectivity index (χ4v) is 2.80. The van der Waals surface area contributed by atoms with Crippen molar-refractivity contribution < 1.29 is 5.11 Å². The van der Waals surface area contributed by atoms with Gasteiger partial charge >= 0.3 is 0 Å². The molecule has 0 saturated heterocycles. The van der Waals surface area contributed by atoms with Crippen molar-refractivity contribution in [2.24, 2.45) is 5.92 Å². The van der Waals surface area contributed by atoms with Crippen LogP contribution in [0, 0.1) is 5.92 Å². The molecule has 0 heterocycles. The number of aliphatic hydroxyl groups is 1. The SMILES string of the molecule is OC1=C(C2CCCCC2)CCCC1. The number of rotatable bonds is 1. The van der Waals surface area contributed by atoms with Gasteiger partial charge in [-0.1, -0.05) is 19.3 Å². The van der Waals surface area contributed by atoms with E-state index in [1.165, 1.54) is 56.9 Å². The molecule has 0 radical (unpaired) electrons. The molecule has 1 heteroatoms. The van der Waals surface area contributed by atoms with Crippen LogP contribution < -0.4 is 0 Å². The number of hydrogen-bond acceptors (Lipinski definition) is 1. The molecule has 1 fully saturated rings. The van der Waals surface area contributed by atoms with Gasteiger partial charge < -0.3 is 5.11 Å². The summed E-state index contributed by atoms with van der Waals surface area (Å²) in [5.41, 5.74) is 1.42. The molecule has 1 saturated carbocycles. The van der Waals surface area contributed by atoms with E-state index in [1.807, 2.05) is 0 Å². The Bertz CT molecular complexity index is 199. The predicted molar refractivity (Wildman–Crippen MR) is 54.7 cm³/mol. The van der Waals surface area contributed by atoms with Gasteiger partial charge in [-0.2, -0.15) is 0 Å². The van der Waals surface area contributed by atoms with Crippen molar-refractivity contribution in [1.29, 1.82) is 0 Å². The molecule has 0 bridgehead atoms. The molecule has 0 aliphatic heterocycles. The van der Waals surface area contributed by atoms with E-state index >= 15 is 0 Å². The zero-order chi connectivity index (χ0) is 9.10. The molecule has 0 unspecified atom stereocenters. The summed E-state index contributed by atoms with van der Waals surface area (Å²) >= 11 is 0. The number of hydrogen-bond donors (Lipinski definition) is 1. The lowest BCUT2D eigenvalue weighted by Gasteiger charge is -2.27. The standard InChI is InChI=1S/C12H20O/c13-12-9-5-4-8-11(12)10-6-2-1-3-7-10/h10,13H,1-9H2. The van der Waals surface area contributed by atoms with E-state index in [4.69, 9.17) is 0 Å². The van der Waals surface area contributed by atoms with E-state index < -0.39 is 0 Å². The first-order valence-electron chi connectivity index (χ1n) is 5.79. The van der Waals surface area contributed by atoms with Crippen LogP contribution in [-0.2, 0) is 0 Å². The highest BCUT2D eigenvalue weighted by Gasteiger charge is 2.22. The van der Waals surface area contributed by atoms with Gasteiger partial charge in [0.15, 0.2) is 0 Å². The van der Waals surface area contributed by atoms with Crippen LogP contribution in [0.1, 0.15) is 57.8 Å². The average molecular weight is 180 g/mol. The summed E-state index contributed by atoms with van der Waals surface area (Å²) in [7, 11) is 0. The maximum Gasteiger partial charge on any atom is 0.0917 e. The molecule has 0 spiro atoms. The van der Waals surface area contributed by atoms with Crippen molar-refractivity contribution >= 4 is 0 Å². The summed E-state index contributed by atoms with van der Waals surface area (Å²) < 4.78 is 0. The first-order chi connectivity index (χ1) is 6.38. The number of aliphatic hydroxyl groups excluding tert-OH is 1. The normalized spacial score (nSPS) is 26.5. The molecule has 0 amide bonds. The maximum absolute atomic E-state index is 9.80. The zero-order valence-corrected chi connectivity index (χ0v) is 8.39. The first kappa shape index (κ1) is 9.11. The van der Waals surface area contributed by atoms with Crippen molar-refractivity contribution in [2.45, 2.75) is 57.8 Å². The van der Waals surface area contributed by atoms with Gasteiger partial charge in [0.2, 0.25) is 0 Å². The maximum atomic E-state index is 9.80. The molecule has 1 nitrogen and oxygen atoms in total. The first-order valence-corrected chi connectivity index (χ1v) is 5.79. The molecule has 2 rings (SSSR count). The van der Waals surface area contributed by atoms with E-state index in [9.17, 15) is 5.11 Å². The fraction of sp³-hybridized carbons (Fsp3) is 0.833. The summed E-state index contributed by atoms with van der Waals surface area (Å²) in [6.07, 6.45) is 11.5. The van der Waals surface area contributed by atoms with Crippen molar-refractivity contribution in [3.05, 3.63) is 11.3 Å². The Labute approximate surface area is 80.8 Å². The van der Waals surface area contributed by atoms with E-state index in [1.54, 1.807) is 0 Å². The van der Waals surface area contributed by atoms with Crippen LogP contribution in [0.2, 0.25) is 0 Å². The topological polar surface area (TPSA) is 20.2 Å². The quantitative estimate of drug-likeness (QED) is 0.647. The highest BCUT2D eigenvalue weighted by Crippen LogP contribution is 2.36. The third-order valence-corrected chi connectivity index (χ3v) is 3.58. The molecule has 74 valence electrons. The largest absolute Gasteiger partial charge is 0.512 e. The highest BCUT2D eigenvalue weighted by atomic mass is 16.3. The van der Waals surface area contributed by atoms with Gasteiger partial charge in [-0.25, -0.2) is 0 Å². The van der Waals surface area contributed by atoms with E-state index in [2.05, 4.69) is 0 Å². The van der Waals surface area contributed by atoms with Crippen molar-refractivity contribution in [1.82, 2.24) is 0 Å². The third kappa shape index (κ3) is 2.07. The summed E-state index contributed by atoms with van der Waals surface area (Å²) in [5, 5.41) is 9.80. The Morgan fingerprint density at radius 2 is 1.54 bits per heavy atom. The van der Waals surface area contributed by atoms with E-state index in [0.29, 0.717) is 0 Å². The highest BCUT2D eigenvalue weighted by molar-refractivity contribution is 5.14. The molecule has 13 heavy (non-hydrogen) atoms. The van der Waals surface area contributed by atoms with Crippen LogP contribution in [0.25, 0.3) is 0 Å². The van der Waals surface area contributed by atoms with Crippen LogP contribution in [0.15, 0.2) is 11.3 Å². The van der Waals surface area contributed by atoms with Gasteiger partial charge in [-0.05, 0) is 43.6 Å². The number of allylic oxidation sites excluding steroid dienone is 2. The third-order valence-electron chi connectivity index (χ3n) is 3.58. The Balaban J connectivity index is 2.04.